The summed E-state index contributed by atoms with van der Waals surface area (Å²) in [5.74, 6) is 0.841. The van der Waals surface area contributed by atoms with Crippen molar-refractivity contribution < 1.29 is 19.1 Å². The normalized spacial score (nSPS) is 10.5. The highest BCUT2D eigenvalue weighted by Gasteiger charge is 2.17. The van der Waals surface area contributed by atoms with Crippen molar-refractivity contribution >= 4 is 23.6 Å². The lowest BCUT2D eigenvalue weighted by molar-refractivity contribution is -0.140. The van der Waals surface area contributed by atoms with Gasteiger partial charge in [-0.1, -0.05) is 42.1 Å². The second-order valence-corrected chi connectivity index (χ2v) is 7.41. The molecular formula is C22H24N4O4S. The van der Waals surface area contributed by atoms with E-state index in [1.807, 2.05) is 66.1 Å². The summed E-state index contributed by atoms with van der Waals surface area (Å²) in [6.07, 6.45) is 0.593. The topological polar surface area (TPSA) is 95.3 Å². The molecule has 0 fully saturated rings. The number of rotatable bonds is 10. The second-order valence-electron chi connectivity index (χ2n) is 6.47. The monoisotopic (exact) mass is 440 g/mol. The van der Waals surface area contributed by atoms with Crippen LogP contribution in [0.5, 0.6) is 5.75 Å². The van der Waals surface area contributed by atoms with Crippen LogP contribution < -0.4 is 10.1 Å². The molecule has 0 aliphatic heterocycles. The van der Waals surface area contributed by atoms with Crippen molar-refractivity contribution in [1.82, 2.24) is 20.1 Å². The van der Waals surface area contributed by atoms with Gasteiger partial charge in [0.05, 0.1) is 19.5 Å². The van der Waals surface area contributed by atoms with E-state index < -0.39 is 5.97 Å². The fourth-order valence-electron chi connectivity index (χ4n) is 2.83. The maximum Gasteiger partial charge on any atom is 0.325 e. The second kappa shape index (κ2) is 11.2. The molecule has 3 aromatic rings. The number of thioether (sulfide) groups is 1. The number of hydrogen-bond acceptors (Lipinski definition) is 7. The third kappa shape index (κ3) is 6.32. The van der Waals surface area contributed by atoms with E-state index in [1.54, 1.807) is 0 Å². The molecule has 0 spiro atoms. The van der Waals surface area contributed by atoms with Gasteiger partial charge in [0.15, 0.2) is 5.16 Å². The molecule has 0 saturated heterocycles. The molecule has 1 heterocycles. The van der Waals surface area contributed by atoms with Crippen LogP contribution in [0.2, 0.25) is 0 Å². The van der Waals surface area contributed by atoms with Crippen LogP contribution in [0.4, 0.5) is 0 Å². The summed E-state index contributed by atoms with van der Waals surface area (Å²) in [6.45, 7) is 2.36. The first kappa shape index (κ1) is 22.4. The highest BCUT2D eigenvalue weighted by molar-refractivity contribution is 7.99. The number of methoxy groups -OCH3 is 1. The lowest BCUT2D eigenvalue weighted by Gasteiger charge is -2.11. The van der Waals surface area contributed by atoms with Gasteiger partial charge < -0.3 is 14.8 Å². The molecule has 0 saturated carbocycles. The Labute approximate surface area is 185 Å². The van der Waals surface area contributed by atoms with Crippen molar-refractivity contribution in [1.29, 1.82) is 0 Å². The predicted octanol–water partition coefficient (Wildman–Crippen LogP) is 2.64. The van der Waals surface area contributed by atoms with Gasteiger partial charge in [0.25, 0.3) is 0 Å². The lowest BCUT2D eigenvalue weighted by Crippen LogP contribution is -2.31. The molecule has 2 aromatic carbocycles. The van der Waals surface area contributed by atoms with Crippen LogP contribution in [0.1, 0.15) is 18.3 Å². The molecule has 8 nitrogen and oxygen atoms in total. The molecule has 1 amide bonds. The van der Waals surface area contributed by atoms with Gasteiger partial charge in [-0.05, 0) is 36.8 Å². The number of carbonyl (C=O) groups excluding carboxylic acids is 2. The zero-order valence-corrected chi connectivity index (χ0v) is 18.2. The van der Waals surface area contributed by atoms with Gasteiger partial charge in [0.2, 0.25) is 5.91 Å². The van der Waals surface area contributed by atoms with Crippen LogP contribution >= 0.6 is 11.8 Å². The van der Waals surface area contributed by atoms with Gasteiger partial charge in [0.1, 0.15) is 18.1 Å². The highest BCUT2D eigenvalue weighted by atomic mass is 32.2. The van der Waals surface area contributed by atoms with Gasteiger partial charge in [-0.25, -0.2) is 0 Å². The van der Waals surface area contributed by atoms with Gasteiger partial charge in [-0.3, -0.25) is 14.2 Å². The zero-order valence-electron chi connectivity index (χ0n) is 17.4. The van der Waals surface area contributed by atoms with E-state index in [4.69, 9.17) is 4.74 Å². The Morgan fingerprint density at radius 3 is 2.48 bits per heavy atom. The Bertz CT molecular complexity index is 1010. The first-order valence-electron chi connectivity index (χ1n) is 9.78. The van der Waals surface area contributed by atoms with Crippen molar-refractivity contribution in [2.75, 3.05) is 26.0 Å². The number of esters is 1. The number of nitrogens with one attached hydrogen (secondary N) is 1. The molecule has 162 valence electrons. The Balaban J connectivity index is 1.81. The number of aromatic nitrogens is 3. The van der Waals surface area contributed by atoms with Gasteiger partial charge in [0, 0.05) is 12.1 Å². The summed E-state index contributed by atoms with van der Waals surface area (Å²) >= 11 is 1.25. The fraction of sp³-hybridized carbons (Fsp3) is 0.273. The molecule has 1 aromatic heterocycles. The van der Waals surface area contributed by atoms with Crippen LogP contribution in [0.3, 0.4) is 0 Å². The molecule has 9 heteroatoms. The van der Waals surface area contributed by atoms with Crippen LogP contribution in [0, 0.1) is 0 Å². The Morgan fingerprint density at radius 2 is 1.81 bits per heavy atom. The maximum absolute atomic E-state index is 12.1. The summed E-state index contributed by atoms with van der Waals surface area (Å²) in [6, 6.07) is 17.6. The number of hydrogen-bond donors (Lipinski definition) is 1. The van der Waals surface area contributed by atoms with Crippen molar-refractivity contribution in [3.8, 4) is 11.4 Å². The maximum atomic E-state index is 12.1. The van der Waals surface area contributed by atoms with Gasteiger partial charge in [-0.2, -0.15) is 0 Å². The van der Waals surface area contributed by atoms with E-state index in [0.29, 0.717) is 18.2 Å². The quantitative estimate of drug-likeness (QED) is 0.382. The smallest absolute Gasteiger partial charge is 0.325 e. The lowest BCUT2D eigenvalue weighted by atomic mass is 10.1. The summed E-state index contributed by atoms with van der Waals surface area (Å²) in [4.78, 5) is 23.3. The van der Waals surface area contributed by atoms with Crippen molar-refractivity contribution in [3.63, 3.8) is 0 Å². The minimum absolute atomic E-state index is 0.0947. The Morgan fingerprint density at radius 1 is 1.06 bits per heavy atom. The van der Waals surface area contributed by atoms with E-state index >= 15 is 0 Å². The van der Waals surface area contributed by atoms with E-state index in [9.17, 15) is 9.59 Å². The molecule has 0 aliphatic carbocycles. The van der Waals surface area contributed by atoms with Crippen LogP contribution in [-0.2, 0) is 20.7 Å². The Kier molecular flexibility index (Phi) is 8.05. The third-order valence-electron chi connectivity index (χ3n) is 4.30. The fourth-order valence-corrected chi connectivity index (χ4v) is 3.63. The molecule has 1 N–H and O–H groups in total. The minimum atomic E-state index is -0.499. The molecule has 3 rings (SSSR count). The standard InChI is InChI=1S/C22H24N4O4S/c1-3-30-18-11-9-17(10-12-18)26-19(13-16-7-5-4-6-8-16)24-25-22(26)31-15-20(27)23-14-21(28)29-2/h4-12H,3,13-15H2,1-2H3,(H,23,27). The van der Waals surface area contributed by atoms with Gasteiger partial charge >= 0.3 is 5.97 Å². The van der Waals surface area contributed by atoms with Crippen molar-refractivity contribution in [2.24, 2.45) is 0 Å². The first-order valence-corrected chi connectivity index (χ1v) is 10.8. The number of ether oxygens (including phenoxy) is 2. The number of amides is 1. The van der Waals surface area contributed by atoms with Crippen LogP contribution in [0.25, 0.3) is 5.69 Å². The van der Waals surface area contributed by atoms with Crippen molar-refractivity contribution in [2.45, 2.75) is 18.5 Å². The molecule has 0 atom stereocenters. The number of nitrogens with zero attached hydrogens (tertiary/aromatic N) is 3. The summed E-state index contributed by atoms with van der Waals surface area (Å²) in [7, 11) is 1.27. The molecular weight excluding hydrogens is 416 g/mol. The SMILES string of the molecule is CCOc1ccc(-n2c(Cc3ccccc3)nnc2SCC(=O)NCC(=O)OC)cc1. The van der Waals surface area contributed by atoms with E-state index in [2.05, 4.69) is 20.3 Å². The Hall–Kier alpha value is -3.33. The first-order chi connectivity index (χ1) is 15.1. The predicted molar refractivity (Wildman–Crippen MR) is 118 cm³/mol. The van der Waals surface area contributed by atoms with Crippen LogP contribution in [-0.4, -0.2) is 52.7 Å². The summed E-state index contributed by atoms with van der Waals surface area (Å²) < 4.78 is 12.0. The zero-order chi connectivity index (χ0) is 22.1. The van der Waals surface area contributed by atoms with E-state index in [0.717, 1.165) is 22.8 Å². The third-order valence-corrected chi connectivity index (χ3v) is 5.23. The molecule has 0 unspecified atom stereocenters. The average Bonchev–Trinajstić information content (AvgIpc) is 3.19. The molecule has 31 heavy (non-hydrogen) atoms. The van der Waals surface area contributed by atoms with Crippen LogP contribution in [0.15, 0.2) is 59.8 Å². The molecule has 0 bridgehead atoms. The molecule has 0 radical (unpaired) electrons. The molecule has 0 aliphatic rings. The largest absolute Gasteiger partial charge is 0.494 e. The summed E-state index contributed by atoms with van der Waals surface area (Å²) in [5.41, 5.74) is 1.98. The number of carbonyl (C=O) groups is 2. The summed E-state index contributed by atoms with van der Waals surface area (Å²) in [5, 5.41) is 11.8. The number of benzene rings is 2. The average molecular weight is 441 g/mol. The van der Waals surface area contributed by atoms with E-state index in [1.165, 1.54) is 18.9 Å². The van der Waals surface area contributed by atoms with Gasteiger partial charge in [-0.15, -0.1) is 10.2 Å². The highest BCUT2D eigenvalue weighted by Crippen LogP contribution is 2.25. The van der Waals surface area contributed by atoms with Crippen molar-refractivity contribution in [3.05, 3.63) is 66.0 Å². The minimum Gasteiger partial charge on any atom is -0.494 e. The van der Waals surface area contributed by atoms with E-state index in [-0.39, 0.29) is 18.2 Å².